The fourth-order valence-corrected chi connectivity index (χ4v) is 5.27. The normalized spacial score (nSPS) is 15.2. The second-order valence-electron chi connectivity index (χ2n) is 8.64. The molecule has 1 heterocycles. The number of hydrogen-bond acceptors (Lipinski definition) is 6. The molecule has 0 amide bonds. The molecule has 1 aliphatic carbocycles. The molecule has 33 heavy (non-hydrogen) atoms. The number of thiazole rings is 1. The lowest BCUT2D eigenvalue weighted by Crippen LogP contribution is -2.14. The summed E-state index contributed by atoms with van der Waals surface area (Å²) in [5.41, 5.74) is 5.69. The third-order valence-corrected chi connectivity index (χ3v) is 7.08. The van der Waals surface area contributed by atoms with Crippen LogP contribution in [0.3, 0.4) is 0 Å². The Balaban J connectivity index is 1.64. The second-order valence-corrected chi connectivity index (χ2v) is 9.35. The molecule has 4 rings (SSSR count). The Hall–Kier alpha value is -3.06. The van der Waals surface area contributed by atoms with Crippen molar-refractivity contribution in [2.75, 3.05) is 0 Å². The molecule has 172 valence electrons. The Labute approximate surface area is 197 Å². The average molecular weight is 465 g/mol. The summed E-state index contributed by atoms with van der Waals surface area (Å²) in [4.78, 5) is 27.0. The number of nitroso groups, excluding NO2 is 1. The smallest absolute Gasteiger partial charge is 0.335 e. The van der Waals surface area contributed by atoms with Gasteiger partial charge in [-0.05, 0) is 53.3 Å². The quantitative estimate of drug-likeness (QED) is 0.334. The average Bonchev–Trinajstić information content (AvgIpc) is 3.37. The highest BCUT2D eigenvalue weighted by Crippen LogP contribution is 2.39. The summed E-state index contributed by atoms with van der Waals surface area (Å²) >= 11 is 1.54. The van der Waals surface area contributed by atoms with Crippen molar-refractivity contribution in [1.82, 2.24) is 4.98 Å². The molecule has 1 saturated carbocycles. The van der Waals surface area contributed by atoms with Crippen LogP contribution < -0.4 is 4.74 Å². The van der Waals surface area contributed by atoms with Crippen molar-refractivity contribution in [3.8, 4) is 5.75 Å². The number of ether oxygens (including phenoxy) is 1. The van der Waals surface area contributed by atoms with Crippen LogP contribution in [0.25, 0.3) is 0 Å². The monoisotopic (exact) mass is 464 g/mol. The van der Waals surface area contributed by atoms with E-state index in [9.17, 15) is 14.8 Å². The molecule has 0 radical (unpaired) electrons. The van der Waals surface area contributed by atoms with Gasteiger partial charge >= 0.3 is 5.97 Å². The van der Waals surface area contributed by atoms with E-state index in [2.05, 4.69) is 22.3 Å². The zero-order valence-electron chi connectivity index (χ0n) is 18.5. The van der Waals surface area contributed by atoms with Gasteiger partial charge in [-0.25, -0.2) is 9.78 Å². The number of carbonyl (C=O) groups is 1. The Kier molecular flexibility index (Phi) is 7.83. The van der Waals surface area contributed by atoms with Crippen LogP contribution in [0.1, 0.15) is 77.2 Å². The molecule has 3 aromatic rings. The maximum absolute atomic E-state index is 11.7. The van der Waals surface area contributed by atoms with E-state index in [4.69, 9.17) is 4.74 Å². The number of carboxylic acid groups (broad SMARTS) is 1. The summed E-state index contributed by atoms with van der Waals surface area (Å²) in [5.74, 6) is 0.368. The molecule has 6 nitrogen and oxygen atoms in total. The zero-order valence-corrected chi connectivity index (χ0v) is 19.3. The molecule has 7 heteroatoms. The number of carboxylic acids is 1. The number of benzene rings is 2. The van der Waals surface area contributed by atoms with Crippen LogP contribution in [-0.4, -0.2) is 16.1 Å². The van der Waals surface area contributed by atoms with E-state index in [1.54, 1.807) is 35.0 Å². The van der Waals surface area contributed by atoms with Crippen LogP contribution in [0.4, 0.5) is 0 Å². The second kappa shape index (κ2) is 11.2. The molecule has 1 aromatic heterocycles. The Bertz CT molecular complexity index is 1060. The molecule has 1 N–H and O–H groups in total. The van der Waals surface area contributed by atoms with Gasteiger partial charge in [-0.1, -0.05) is 55.5 Å². The van der Waals surface area contributed by atoms with Crippen molar-refractivity contribution < 1.29 is 14.6 Å². The predicted molar refractivity (Wildman–Crippen MR) is 129 cm³/mol. The lowest BCUT2D eigenvalue weighted by Gasteiger charge is -2.28. The van der Waals surface area contributed by atoms with E-state index in [1.807, 2.05) is 17.5 Å². The minimum absolute atomic E-state index is 0.00302. The number of rotatable bonds is 10. The summed E-state index contributed by atoms with van der Waals surface area (Å²) in [6.07, 6.45) is 7.04. The van der Waals surface area contributed by atoms with Crippen molar-refractivity contribution in [2.24, 2.45) is 11.1 Å². The minimum atomic E-state index is -0.968. The van der Waals surface area contributed by atoms with E-state index in [0.29, 0.717) is 12.5 Å². The topological polar surface area (TPSA) is 88.9 Å². The molecule has 0 bridgehead atoms. The van der Waals surface area contributed by atoms with Gasteiger partial charge in [0.1, 0.15) is 18.9 Å². The largest absolute Gasteiger partial charge is 0.487 e. The molecule has 0 saturated heterocycles. The third-order valence-electron chi connectivity index (χ3n) is 6.45. The maximum Gasteiger partial charge on any atom is 0.335 e. The van der Waals surface area contributed by atoms with Gasteiger partial charge in [0.2, 0.25) is 0 Å². The minimum Gasteiger partial charge on any atom is -0.487 e. The Morgan fingerprint density at radius 1 is 1.15 bits per heavy atom. The lowest BCUT2D eigenvalue weighted by molar-refractivity contribution is 0.0696. The first-order valence-corrected chi connectivity index (χ1v) is 12.3. The first-order chi connectivity index (χ1) is 16.1. The maximum atomic E-state index is 11.7. The molecule has 1 unspecified atom stereocenters. The van der Waals surface area contributed by atoms with Gasteiger partial charge in [0, 0.05) is 11.3 Å². The molecule has 1 aliphatic rings. The van der Waals surface area contributed by atoms with Crippen LogP contribution >= 0.6 is 11.3 Å². The molecule has 2 aromatic carbocycles. The first kappa shape index (κ1) is 23.1. The van der Waals surface area contributed by atoms with Gasteiger partial charge in [0.25, 0.3) is 0 Å². The fraction of sp³-hybridized carbons (Fsp3) is 0.385. The summed E-state index contributed by atoms with van der Waals surface area (Å²) < 4.78 is 5.86. The van der Waals surface area contributed by atoms with Crippen LogP contribution in [-0.2, 0) is 13.2 Å². The standard InChI is InChI=1S/C26H28N2O4S/c29-26(30)20-6-7-21(14-28-31)25(13-20)24(12-18-4-2-1-3-5-18)19-8-10-23(11-9-19)32-15-22-16-33-17-27-22/h6-11,13,16-18,24H,1-5,12,14-15H2,(H,29,30). The van der Waals surface area contributed by atoms with E-state index >= 15 is 0 Å². The summed E-state index contributed by atoms with van der Waals surface area (Å²) in [5, 5.41) is 14.6. The van der Waals surface area contributed by atoms with E-state index in [1.165, 1.54) is 32.1 Å². The zero-order chi connectivity index (χ0) is 23.0. The van der Waals surface area contributed by atoms with Gasteiger partial charge in [0.15, 0.2) is 0 Å². The number of hydrogen-bond donors (Lipinski definition) is 1. The van der Waals surface area contributed by atoms with Crippen LogP contribution in [0.15, 0.2) is 58.5 Å². The summed E-state index contributed by atoms with van der Waals surface area (Å²) in [7, 11) is 0. The molecule has 0 spiro atoms. The van der Waals surface area contributed by atoms with Gasteiger partial charge in [-0.3, -0.25) is 0 Å². The highest BCUT2D eigenvalue weighted by molar-refractivity contribution is 7.07. The molecular weight excluding hydrogens is 436 g/mol. The van der Waals surface area contributed by atoms with Gasteiger partial charge in [-0.2, -0.15) is 4.91 Å². The van der Waals surface area contributed by atoms with Crippen LogP contribution in [0, 0.1) is 10.8 Å². The van der Waals surface area contributed by atoms with Crippen LogP contribution in [0.2, 0.25) is 0 Å². The van der Waals surface area contributed by atoms with Crippen molar-refractivity contribution in [3.63, 3.8) is 0 Å². The van der Waals surface area contributed by atoms with Crippen molar-refractivity contribution in [1.29, 1.82) is 0 Å². The van der Waals surface area contributed by atoms with Crippen molar-refractivity contribution in [2.45, 2.75) is 57.6 Å². The van der Waals surface area contributed by atoms with Crippen LogP contribution in [0.5, 0.6) is 5.75 Å². The summed E-state index contributed by atoms with van der Waals surface area (Å²) in [6, 6.07) is 13.0. The highest BCUT2D eigenvalue weighted by atomic mass is 32.1. The molecule has 1 atom stereocenters. The number of aromatic nitrogens is 1. The van der Waals surface area contributed by atoms with Gasteiger partial charge < -0.3 is 9.84 Å². The molecular formula is C26H28N2O4S. The Morgan fingerprint density at radius 2 is 1.94 bits per heavy atom. The van der Waals surface area contributed by atoms with Crippen molar-refractivity contribution in [3.05, 3.63) is 86.2 Å². The van der Waals surface area contributed by atoms with Gasteiger partial charge in [0.05, 0.1) is 16.8 Å². The van der Waals surface area contributed by atoms with E-state index < -0.39 is 5.97 Å². The SMILES string of the molecule is O=NCc1ccc(C(=O)O)cc1C(CC1CCCCC1)c1ccc(OCc2cscn2)cc1. The highest BCUT2D eigenvalue weighted by Gasteiger charge is 2.25. The lowest BCUT2D eigenvalue weighted by atomic mass is 9.76. The van der Waals surface area contributed by atoms with Crippen molar-refractivity contribution >= 4 is 17.3 Å². The Morgan fingerprint density at radius 3 is 2.61 bits per heavy atom. The summed E-state index contributed by atoms with van der Waals surface area (Å²) in [6.45, 7) is 0.454. The third kappa shape index (κ3) is 6.05. The number of aromatic carboxylic acids is 1. The molecule has 0 aliphatic heterocycles. The van der Waals surface area contributed by atoms with E-state index in [0.717, 1.165) is 34.6 Å². The fourth-order valence-electron chi connectivity index (χ4n) is 4.73. The number of nitrogens with zero attached hydrogens (tertiary/aromatic N) is 2. The first-order valence-electron chi connectivity index (χ1n) is 11.4. The molecule has 1 fully saturated rings. The van der Waals surface area contributed by atoms with E-state index in [-0.39, 0.29) is 18.0 Å². The predicted octanol–water partition coefficient (Wildman–Crippen LogP) is 6.79. The van der Waals surface area contributed by atoms with Gasteiger partial charge in [-0.15, -0.1) is 11.3 Å².